The molecule has 0 saturated carbocycles. The van der Waals surface area contributed by atoms with Gasteiger partial charge in [-0.2, -0.15) is 0 Å². The van der Waals surface area contributed by atoms with Crippen LogP contribution in [0.15, 0.2) is 34.7 Å². The Hall–Kier alpha value is -1.95. The van der Waals surface area contributed by atoms with Crippen LogP contribution in [0.5, 0.6) is 0 Å². The Labute approximate surface area is 96.5 Å². The predicted molar refractivity (Wildman–Crippen MR) is 59.3 cm³/mol. The van der Waals surface area contributed by atoms with Gasteiger partial charge in [0.15, 0.2) is 0 Å². The summed E-state index contributed by atoms with van der Waals surface area (Å²) in [6, 6.07) is 9.56. The summed E-state index contributed by atoms with van der Waals surface area (Å²) in [6.07, 6.45) is 0. The van der Waals surface area contributed by atoms with Gasteiger partial charge < -0.3 is 9.73 Å². The molecule has 1 amide bonds. The number of nitrogens with zero attached hydrogens (tertiary/aromatic N) is 1. The van der Waals surface area contributed by atoms with Crippen molar-refractivity contribution < 1.29 is 9.21 Å². The molecular weight excluding hydrogens is 226 g/mol. The Morgan fingerprint density at radius 1 is 1.44 bits per heavy atom. The maximum Gasteiger partial charge on any atom is 0.309 e. The number of hydrogen-bond acceptors (Lipinski definition) is 4. The zero-order chi connectivity index (χ0) is 11.4. The standard InChI is InChI=1S/C10H9N3O2S/c14-8(9-12-13-10(16)15-9)11-6-7-4-2-1-3-5-7/h1-5H,6H2,(H,11,14)(H,13,16). The van der Waals surface area contributed by atoms with Gasteiger partial charge >= 0.3 is 11.8 Å². The molecule has 2 aromatic rings. The van der Waals surface area contributed by atoms with Crippen LogP contribution in [0.1, 0.15) is 16.2 Å². The van der Waals surface area contributed by atoms with Crippen molar-refractivity contribution in [3.05, 3.63) is 46.6 Å². The van der Waals surface area contributed by atoms with Crippen molar-refractivity contribution >= 4 is 18.1 Å². The number of carbonyl (C=O) groups excluding carboxylic acids is 1. The second kappa shape index (κ2) is 4.71. The lowest BCUT2D eigenvalue weighted by atomic mass is 10.2. The molecule has 0 spiro atoms. The summed E-state index contributed by atoms with van der Waals surface area (Å²) in [4.78, 5) is 11.6. The monoisotopic (exact) mass is 235 g/mol. The van der Waals surface area contributed by atoms with Crippen LogP contribution < -0.4 is 5.32 Å². The quantitative estimate of drug-likeness (QED) is 0.794. The summed E-state index contributed by atoms with van der Waals surface area (Å²) in [6.45, 7) is 0.425. The van der Waals surface area contributed by atoms with Crippen LogP contribution in [-0.4, -0.2) is 16.1 Å². The van der Waals surface area contributed by atoms with Crippen LogP contribution in [-0.2, 0) is 6.54 Å². The number of amides is 1. The number of carbonyl (C=O) groups is 1. The van der Waals surface area contributed by atoms with Gasteiger partial charge in [0.25, 0.3) is 4.84 Å². The lowest BCUT2D eigenvalue weighted by Gasteiger charge is -2.01. The van der Waals surface area contributed by atoms with Gasteiger partial charge in [-0.3, -0.25) is 4.79 Å². The van der Waals surface area contributed by atoms with E-state index < -0.39 is 5.91 Å². The van der Waals surface area contributed by atoms with Crippen LogP contribution in [0.4, 0.5) is 0 Å². The van der Waals surface area contributed by atoms with E-state index in [-0.39, 0.29) is 10.7 Å². The molecule has 0 radical (unpaired) electrons. The number of aromatic amines is 1. The Balaban J connectivity index is 1.97. The van der Waals surface area contributed by atoms with E-state index in [2.05, 4.69) is 27.7 Å². The van der Waals surface area contributed by atoms with Crippen LogP contribution in [0, 0.1) is 4.84 Å². The van der Waals surface area contributed by atoms with E-state index in [1.165, 1.54) is 0 Å². The van der Waals surface area contributed by atoms with Crippen molar-refractivity contribution in [1.82, 2.24) is 15.5 Å². The van der Waals surface area contributed by atoms with Crippen LogP contribution in [0.2, 0.25) is 0 Å². The molecule has 2 N–H and O–H groups in total. The topological polar surface area (TPSA) is 70.9 Å². The number of aromatic nitrogens is 2. The van der Waals surface area contributed by atoms with Gasteiger partial charge in [0.2, 0.25) is 0 Å². The van der Waals surface area contributed by atoms with Crippen molar-refractivity contribution in [2.75, 3.05) is 0 Å². The third-order valence-electron chi connectivity index (χ3n) is 1.93. The molecule has 6 heteroatoms. The summed E-state index contributed by atoms with van der Waals surface area (Å²) in [5, 5.41) is 8.67. The van der Waals surface area contributed by atoms with Crippen molar-refractivity contribution in [3.8, 4) is 0 Å². The average molecular weight is 235 g/mol. The number of nitrogens with one attached hydrogen (secondary N) is 2. The third-order valence-corrected chi connectivity index (χ3v) is 2.10. The Kier molecular flexibility index (Phi) is 3.11. The number of rotatable bonds is 3. The second-order valence-electron chi connectivity index (χ2n) is 3.09. The fraction of sp³-hybridized carbons (Fsp3) is 0.100. The lowest BCUT2D eigenvalue weighted by molar-refractivity contribution is 0.0915. The van der Waals surface area contributed by atoms with E-state index in [1.54, 1.807) is 0 Å². The molecule has 1 heterocycles. The first-order chi connectivity index (χ1) is 7.75. The van der Waals surface area contributed by atoms with Gasteiger partial charge in [0.1, 0.15) is 0 Å². The maximum atomic E-state index is 11.5. The summed E-state index contributed by atoms with van der Waals surface area (Å²) >= 11 is 4.67. The molecule has 2 rings (SSSR count). The number of benzene rings is 1. The van der Waals surface area contributed by atoms with E-state index in [0.717, 1.165) is 5.56 Å². The lowest BCUT2D eigenvalue weighted by Crippen LogP contribution is -2.23. The smallest absolute Gasteiger partial charge is 0.309 e. The summed E-state index contributed by atoms with van der Waals surface area (Å²) in [7, 11) is 0. The van der Waals surface area contributed by atoms with E-state index in [4.69, 9.17) is 4.42 Å². The summed E-state index contributed by atoms with van der Waals surface area (Å²) in [5.74, 6) is -0.447. The zero-order valence-corrected chi connectivity index (χ0v) is 9.08. The molecule has 82 valence electrons. The Bertz CT molecular complexity index is 532. The van der Waals surface area contributed by atoms with Crippen LogP contribution in [0.3, 0.4) is 0 Å². The predicted octanol–water partition coefficient (Wildman–Crippen LogP) is 1.66. The first-order valence-electron chi connectivity index (χ1n) is 4.63. The Morgan fingerprint density at radius 2 is 2.19 bits per heavy atom. The van der Waals surface area contributed by atoms with Gasteiger partial charge in [0.05, 0.1) is 0 Å². The highest BCUT2D eigenvalue weighted by atomic mass is 32.1. The second-order valence-corrected chi connectivity index (χ2v) is 3.46. The first-order valence-corrected chi connectivity index (χ1v) is 5.04. The van der Waals surface area contributed by atoms with Gasteiger partial charge in [-0.1, -0.05) is 30.3 Å². The SMILES string of the molecule is O=C(NCc1ccccc1)c1n[nH]c(=S)o1. The van der Waals surface area contributed by atoms with E-state index in [9.17, 15) is 4.79 Å². The molecule has 0 unspecified atom stereocenters. The molecule has 0 bridgehead atoms. The number of hydrogen-bond donors (Lipinski definition) is 2. The molecule has 5 nitrogen and oxygen atoms in total. The minimum absolute atomic E-state index is 0.0547. The van der Waals surface area contributed by atoms with Gasteiger partial charge in [-0.25, -0.2) is 5.10 Å². The molecular formula is C10H9N3O2S. The van der Waals surface area contributed by atoms with E-state index in [0.29, 0.717) is 6.54 Å². The molecule has 0 aliphatic rings. The fourth-order valence-electron chi connectivity index (χ4n) is 1.18. The fourth-order valence-corrected chi connectivity index (χ4v) is 1.31. The molecule has 1 aromatic heterocycles. The van der Waals surface area contributed by atoms with Gasteiger partial charge in [-0.05, 0) is 17.8 Å². The summed E-state index contributed by atoms with van der Waals surface area (Å²) < 4.78 is 4.87. The maximum absolute atomic E-state index is 11.5. The van der Waals surface area contributed by atoms with Crippen molar-refractivity contribution in [2.45, 2.75) is 6.54 Å². The van der Waals surface area contributed by atoms with E-state index in [1.807, 2.05) is 30.3 Å². The highest BCUT2D eigenvalue weighted by Gasteiger charge is 2.10. The van der Waals surface area contributed by atoms with Crippen molar-refractivity contribution in [1.29, 1.82) is 0 Å². The van der Waals surface area contributed by atoms with E-state index >= 15 is 0 Å². The molecule has 16 heavy (non-hydrogen) atoms. The van der Waals surface area contributed by atoms with Crippen LogP contribution in [0.25, 0.3) is 0 Å². The summed E-state index contributed by atoms with van der Waals surface area (Å²) in [5.41, 5.74) is 1.00. The molecule has 0 aliphatic carbocycles. The molecule has 0 saturated heterocycles. The van der Waals surface area contributed by atoms with Gasteiger partial charge in [-0.15, -0.1) is 5.10 Å². The average Bonchev–Trinajstić information content (AvgIpc) is 2.74. The highest BCUT2D eigenvalue weighted by molar-refractivity contribution is 7.71. The largest absolute Gasteiger partial charge is 0.405 e. The minimum Gasteiger partial charge on any atom is -0.405 e. The molecule has 1 aromatic carbocycles. The third kappa shape index (κ3) is 2.54. The molecule has 0 aliphatic heterocycles. The molecule has 0 fully saturated rings. The van der Waals surface area contributed by atoms with Gasteiger partial charge in [0, 0.05) is 6.54 Å². The first kappa shape index (κ1) is 10.6. The number of H-pyrrole nitrogens is 1. The van der Waals surface area contributed by atoms with Crippen molar-refractivity contribution in [2.24, 2.45) is 0 Å². The van der Waals surface area contributed by atoms with Crippen LogP contribution >= 0.6 is 12.2 Å². The highest BCUT2D eigenvalue weighted by Crippen LogP contribution is 1.99. The van der Waals surface area contributed by atoms with Crippen molar-refractivity contribution in [3.63, 3.8) is 0 Å². The molecule has 0 atom stereocenters. The zero-order valence-electron chi connectivity index (χ0n) is 8.27. The Morgan fingerprint density at radius 3 is 2.81 bits per heavy atom. The minimum atomic E-state index is -0.392. The normalized spacial score (nSPS) is 10.0.